The Hall–Kier alpha value is -2.79. The molecule has 1 aliphatic heterocycles. The Bertz CT molecular complexity index is 994. The van der Waals surface area contributed by atoms with Gasteiger partial charge in [-0.1, -0.05) is 6.07 Å². The minimum absolute atomic E-state index is 0.0541. The molecule has 3 rings (SSSR count). The molecule has 4 nitrogen and oxygen atoms in total. The maximum atomic E-state index is 14.0. The molecule has 0 fully saturated rings. The van der Waals surface area contributed by atoms with E-state index in [1.165, 1.54) is 24.3 Å². The Morgan fingerprint density at radius 1 is 1.00 bits per heavy atom. The minimum Gasteiger partial charge on any atom is -0.314 e. The summed E-state index contributed by atoms with van der Waals surface area (Å²) >= 11 is 0. The molecule has 23 heavy (non-hydrogen) atoms. The van der Waals surface area contributed by atoms with Crippen LogP contribution in [0.15, 0.2) is 52.4 Å². The number of hydrogen-bond acceptors (Lipinski definition) is 4. The SMILES string of the molecule is N#CC1=CN(c2ccc(F)c(F)c2)c2cccc(F)c2S1(=O)=O. The molecule has 0 radical (unpaired) electrons. The summed E-state index contributed by atoms with van der Waals surface area (Å²) in [6.07, 6.45) is 0.948. The lowest BCUT2D eigenvalue weighted by Crippen LogP contribution is -2.22. The highest BCUT2D eigenvalue weighted by Crippen LogP contribution is 2.40. The van der Waals surface area contributed by atoms with E-state index in [0.29, 0.717) is 0 Å². The first-order valence-corrected chi connectivity index (χ1v) is 7.74. The van der Waals surface area contributed by atoms with Gasteiger partial charge in [0.05, 0.1) is 5.69 Å². The standard InChI is InChI=1S/C15H7F3N2O2S/c16-11-5-4-9(6-13(11)18)20-8-10(7-19)23(21,22)15-12(17)2-1-3-14(15)20/h1-6,8H. The molecule has 0 saturated heterocycles. The van der Waals surface area contributed by atoms with Gasteiger partial charge < -0.3 is 4.90 Å². The molecule has 2 aromatic rings. The van der Waals surface area contributed by atoms with Crippen molar-refractivity contribution in [2.45, 2.75) is 4.90 Å². The van der Waals surface area contributed by atoms with Crippen molar-refractivity contribution in [3.8, 4) is 6.07 Å². The second-order valence-electron chi connectivity index (χ2n) is 4.67. The lowest BCUT2D eigenvalue weighted by molar-refractivity contribution is 0.509. The maximum Gasteiger partial charge on any atom is 0.223 e. The number of nitriles is 1. The average Bonchev–Trinajstić information content (AvgIpc) is 2.50. The Labute approximate surface area is 129 Å². The summed E-state index contributed by atoms with van der Waals surface area (Å²) in [7, 11) is -4.31. The van der Waals surface area contributed by atoms with Gasteiger partial charge in [-0.25, -0.2) is 21.6 Å². The molecular weight excluding hydrogens is 329 g/mol. The van der Waals surface area contributed by atoms with Gasteiger partial charge >= 0.3 is 0 Å². The van der Waals surface area contributed by atoms with Gasteiger partial charge in [0.1, 0.15) is 16.8 Å². The molecule has 0 N–H and O–H groups in total. The molecule has 0 aliphatic carbocycles. The first-order valence-electron chi connectivity index (χ1n) is 6.26. The van der Waals surface area contributed by atoms with Gasteiger partial charge in [0.25, 0.3) is 0 Å². The molecule has 1 heterocycles. The van der Waals surface area contributed by atoms with Crippen LogP contribution in [0.1, 0.15) is 0 Å². The van der Waals surface area contributed by atoms with Crippen molar-refractivity contribution in [3.05, 3.63) is 65.0 Å². The number of sulfone groups is 1. The first kappa shape index (κ1) is 15.1. The number of fused-ring (bicyclic) bond motifs is 1. The average molecular weight is 336 g/mol. The van der Waals surface area contributed by atoms with Crippen molar-refractivity contribution < 1.29 is 21.6 Å². The quantitative estimate of drug-likeness (QED) is 0.801. The van der Waals surface area contributed by atoms with E-state index in [-0.39, 0.29) is 11.4 Å². The van der Waals surface area contributed by atoms with Gasteiger partial charge in [-0.3, -0.25) is 0 Å². The van der Waals surface area contributed by atoms with Crippen LogP contribution in [0.25, 0.3) is 0 Å². The van der Waals surface area contributed by atoms with E-state index in [9.17, 15) is 21.6 Å². The number of halogens is 3. The minimum atomic E-state index is -4.31. The van der Waals surface area contributed by atoms with E-state index in [0.717, 1.165) is 29.3 Å². The van der Waals surface area contributed by atoms with Crippen LogP contribution in [0.4, 0.5) is 24.5 Å². The van der Waals surface area contributed by atoms with Crippen LogP contribution in [-0.4, -0.2) is 8.42 Å². The predicted octanol–water partition coefficient (Wildman–Crippen LogP) is 3.39. The predicted molar refractivity (Wildman–Crippen MR) is 75.8 cm³/mol. The molecule has 0 unspecified atom stereocenters. The Morgan fingerprint density at radius 2 is 1.74 bits per heavy atom. The molecule has 0 saturated carbocycles. The van der Waals surface area contributed by atoms with Gasteiger partial charge in [-0.15, -0.1) is 0 Å². The number of benzene rings is 2. The van der Waals surface area contributed by atoms with Gasteiger partial charge in [0.15, 0.2) is 16.5 Å². The lowest BCUT2D eigenvalue weighted by Gasteiger charge is -2.27. The fourth-order valence-corrected chi connectivity index (χ4v) is 3.61. The number of rotatable bonds is 1. The van der Waals surface area contributed by atoms with Crippen LogP contribution < -0.4 is 4.90 Å². The number of hydrogen-bond donors (Lipinski definition) is 0. The Morgan fingerprint density at radius 3 is 2.39 bits per heavy atom. The van der Waals surface area contributed by atoms with Crippen molar-refractivity contribution in [3.63, 3.8) is 0 Å². The molecule has 1 aliphatic rings. The smallest absolute Gasteiger partial charge is 0.223 e. The normalized spacial score (nSPS) is 15.6. The zero-order chi connectivity index (χ0) is 16.8. The summed E-state index contributed by atoms with van der Waals surface area (Å²) < 4.78 is 65.1. The molecular formula is C15H7F3N2O2S. The highest BCUT2D eigenvalue weighted by Gasteiger charge is 2.35. The van der Waals surface area contributed by atoms with Crippen LogP contribution in [0.3, 0.4) is 0 Å². The van der Waals surface area contributed by atoms with Crippen molar-refractivity contribution in [1.82, 2.24) is 0 Å². The van der Waals surface area contributed by atoms with Gasteiger partial charge in [-0.05, 0) is 24.3 Å². The highest BCUT2D eigenvalue weighted by atomic mass is 32.2. The van der Waals surface area contributed by atoms with Crippen molar-refractivity contribution >= 4 is 21.2 Å². The van der Waals surface area contributed by atoms with Crippen LogP contribution >= 0.6 is 0 Å². The van der Waals surface area contributed by atoms with E-state index in [1.807, 2.05) is 0 Å². The van der Waals surface area contributed by atoms with Gasteiger partial charge in [0.2, 0.25) is 9.84 Å². The van der Waals surface area contributed by atoms with Crippen molar-refractivity contribution in [1.29, 1.82) is 5.26 Å². The van der Waals surface area contributed by atoms with Crippen LogP contribution in [0.5, 0.6) is 0 Å². The third-order valence-corrected chi connectivity index (χ3v) is 5.02. The number of nitrogens with zero attached hydrogens (tertiary/aromatic N) is 2. The molecule has 8 heteroatoms. The molecule has 0 spiro atoms. The molecule has 0 atom stereocenters. The Kier molecular flexibility index (Phi) is 3.38. The van der Waals surface area contributed by atoms with E-state index in [4.69, 9.17) is 5.26 Å². The number of anilines is 2. The van der Waals surface area contributed by atoms with Crippen LogP contribution in [0.2, 0.25) is 0 Å². The monoisotopic (exact) mass is 336 g/mol. The van der Waals surface area contributed by atoms with Crippen LogP contribution in [-0.2, 0) is 9.84 Å². The molecule has 0 bridgehead atoms. The summed E-state index contributed by atoms with van der Waals surface area (Å²) in [4.78, 5) is -0.246. The Balaban J connectivity index is 2.32. The fourth-order valence-electron chi connectivity index (χ4n) is 2.26. The van der Waals surface area contributed by atoms with Gasteiger partial charge in [0, 0.05) is 18.0 Å². The van der Waals surface area contributed by atoms with E-state index >= 15 is 0 Å². The van der Waals surface area contributed by atoms with E-state index < -0.39 is 37.1 Å². The molecule has 116 valence electrons. The summed E-state index contributed by atoms with van der Waals surface area (Å²) in [5.74, 6) is -3.26. The zero-order valence-electron chi connectivity index (χ0n) is 11.3. The summed E-state index contributed by atoms with van der Waals surface area (Å²) in [6, 6.07) is 7.89. The van der Waals surface area contributed by atoms with E-state index in [1.54, 1.807) is 0 Å². The third kappa shape index (κ3) is 2.26. The largest absolute Gasteiger partial charge is 0.314 e. The van der Waals surface area contributed by atoms with Crippen molar-refractivity contribution in [2.24, 2.45) is 0 Å². The summed E-state index contributed by atoms with van der Waals surface area (Å²) in [5, 5.41) is 9.03. The molecule has 2 aromatic carbocycles. The van der Waals surface area contributed by atoms with E-state index in [2.05, 4.69) is 0 Å². The second kappa shape index (κ2) is 5.14. The lowest BCUT2D eigenvalue weighted by atomic mass is 10.2. The second-order valence-corrected chi connectivity index (χ2v) is 6.52. The third-order valence-electron chi connectivity index (χ3n) is 3.30. The maximum absolute atomic E-state index is 14.0. The molecule has 0 aromatic heterocycles. The van der Waals surface area contributed by atoms with Crippen molar-refractivity contribution in [2.75, 3.05) is 4.90 Å². The molecule has 0 amide bonds. The highest BCUT2D eigenvalue weighted by molar-refractivity contribution is 7.95. The zero-order valence-corrected chi connectivity index (χ0v) is 12.1. The first-order chi connectivity index (χ1) is 10.9. The van der Waals surface area contributed by atoms with Crippen LogP contribution in [0, 0.1) is 28.8 Å². The number of allylic oxidation sites excluding steroid dienone is 1. The topological polar surface area (TPSA) is 61.2 Å². The fraction of sp³-hybridized carbons (Fsp3) is 0. The summed E-state index contributed by atoms with van der Waals surface area (Å²) in [5.41, 5.74) is -0.0339. The summed E-state index contributed by atoms with van der Waals surface area (Å²) in [6.45, 7) is 0. The van der Waals surface area contributed by atoms with Gasteiger partial charge in [-0.2, -0.15) is 5.26 Å².